The maximum Gasteiger partial charge on any atom is 0.0235 e. The Morgan fingerprint density at radius 2 is 2.00 bits per heavy atom. The Morgan fingerprint density at radius 1 is 1.33 bits per heavy atom. The highest BCUT2D eigenvalue weighted by Crippen LogP contribution is 2.33. The fourth-order valence-corrected chi connectivity index (χ4v) is 2.86. The van der Waals surface area contributed by atoms with Crippen LogP contribution in [0.3, 0.4) is 0 Å². The van der Waals surface area contributed by atoms with Crippen LogP contribution in [-0.2, 0) is 0 Å². The molecule has 0 bridgehead atoms. The normalized spacial score (nSPS) is 23.8. The van der Waals surface area contributed by atoms with Crippen LogP contribution < -0.4 is 0 Å². The Labute approximate surface area is 80.8 Å². The second-order valence-corrected chi connectivity index (χ2v) is 5.98. The number of rotatable bonds is 3. The molecule has 1 unspecified atom stereocenters. The lowest BCUT2D eigenvalue weighted by molar-refractivity contribution is 0.726. The largest absolute Gasteiger partial charge is 0.152 e. The molecule has 12 heavy (non-hydrogen) atoms. The van der Waals surface area contributed by atoms with E-state index in [0.717, 1.165) is 16.4 Å². The second-order valence-electron chi connectivity index (χ2n) is 4.16. The van der Waals surface area contributed by atoms with Crippen molar-refractivity contribution in [3.63, 3.8) is 0 Å². The zero-order chi connectivity index (χ0) is 9.14. The molecule has 1 atom stereocenters. The minimum absolute atomic E-state index is 0.766. The number of hydrogen-bond donors (Lipinski definition) is 0. The van der Waals surface area contributed by atoms with Gasteiger partial charge in [-0.25, -0.2) is 0 Å². The molecule has 1 aliphatic rings. The van der Waals surface area contributed by atoms with Gasteiger partial charge in [0.1, 0.15) is 0 Å². The molecule has 0 radical (unpaired) electrons. The van der Waals surface area contributed by atoms with Crippen molar-refractivity contribution in [1.29, 1.82) is 0 Å². The van der Waals surface area contributed by atoms with E-state index in [-0.39, 0.29) is 0 Å². The molecule has 0 fully saturated rings. The quantitative estimate of drug-likeness (QED) is 0.600. The lowest BCUT2D eigenvalue weighted by atomic mass is 10.0. The van der Waals surface area contributed by atoms with Gasteiger partial charge in [-0.15, -0.1) is 0 Å². The topological polar surface area (TPSA) is 0 Å². The van der Waals surface area contributed by atoms with Crippen molar-refractivity contribution in [3.8, 4) is 0 Å². The van der Waals surface area contributed by atoms with Gasteiger partial charge in [0.2, 0.25) is 0 Å². The maximum absolute atomic E-state index is 2.50. The Kier molecular flexibility index (Phi) is 3.70. The summed E-state index contributed by atoms with van der Waals surface area (Å²) in [6, 6.07) is 0. The maximum atomic E-state index is 2.50. The van der Waals surface area contributed by atoms with Gasteiger partial charge < -0.3 is 0 Å². The van der Waals surface area contributed by atoms with Gasteiger partial charge in [-0.3, -0.25) is 0 Å². The van der Waals surface area contributed by atoms with Crippen LogP contribution in [0.4, 0.5) is 0 Å². The number of allylic oxidation sites excluding steroid dienone is 1. The second kappa shape index (κ2) is 4.36. The molecule has 70 valence electrons. The van der Waals surface area contributed by atoms with E-state index >= 15 is 0 Å². The van der Waals surface area contributed by atoms with E-state index in [2.05, 4.69) is 45.5 Å². The van der Waals surface area contributed by atoms with E-state index in [9.17, 15) is 0 Å². The highest BCUT2D eigenvalue weighted by atomic mass is 32.2. The molecule has 0 heterocycles. The van der Waals surface area contributed by atoms with Gasteiger partial charge in [0.05, 0.1) is 0 Å². The molecule has 1 aliphatic carbocycles. The van der Waals surface area contributed by atoms with E-state index in [1.807, 2.05) is 0 Å². The summed E-state index contributed by atoms with van der Waals surface area (Å²) in [5.74, 6) is 0.766. The molecule has 0 aromatic rings. The van der Waals surface area contributed by atoms with E-state index in [1.165, 1.54) is 12.8 Å². The number of hydrogen-bond acceptors (Lipinski definition) is 1. The first-order chi connectivity index (χ1) is 5.59. The van der Waals surface area contributed by atoms with Gasteiger partial charge >= 0.3 is 0 Å². The fourth-order valence-electron chi connectivity index (χ4n) is 1.65. The first-order valence-corrected chi connectivity index (χ1v) is 5.90. The minimum Gasteiger partial charge on any atom is -0.152 e. The summed E-state index contributed by atoms with van der Waals surface area (Å²) in [5, 5.41) is 1.58. The average Bonchev–Trinajstić information content (AvgIpc) is 2.34. The molecule has 0 nitrogen and oxygen atoms in total. The van der Waals surface area contributed by atoms with Crippen LogP contribution in [0.15, 0.2) is 11.6 Å². The summed E-state index contributed by atoms with van der Waals surface area (Å²) in [6.07, 6.45) is 5.20. The van der Waals surface area contributed by atoms with Gasteiger partial charge in [0.25, 0.3) is 0 Å². The summed E-state index contributed by atoms with van der Waals surface area (Å²) < 4.78 is 0. The van der Waals surface area contributed by atoms with Crippen LogP contribution in [0.1, 0.15) is 40.5 Å². The molecule has 0 aromatic carbocycles. The first kappa shape index (κ1) is 10.2. The third-order valence-electron chi connectivity index (χ3n) is 2.31. The molecule has 0 saturated carbocycles. The molecule has 0 aliphatic heterocycles. The van der Waals surface area contributed by atoms with E-state index in [0.29, 0.717) is 0 Å². The first-order valence-electron chi connectivity index (χ1n) is 4.95. The van der Waals surface area contributed by atoms with Crippen LogP contribution >= 0.6 is 11.8 Å². The molecular formula is C11H20S. The Morgan fingerprint density at radius 3 is 2.42 bits per heavy atom. The Hall–Kier alpha value is 0.0900. The monoisotopic (exact) mass is 184 g/mol. The summed E-state index contributed by atoms with van der Waals surface area (Å²) >= 11 is 2.11. The van der Waals surface area contributed by atoms with Gasteiger partial charge in [0.15, 0.2) is 0 Å². The molecule has 0 N–H and O–H groups in total. The van der Waals surface area contributed by atoms with Crippen LogP contribution in [0, 0.1) is 5.92 Å². The van der Waals surface area contributed by atoms with Crippen molar-refractivity contribution in [1.82, 2.24) is 0 Å². The molecule has 1 rings (SSSR count). The van der Waals surface area contributed by atoms with Gasteiger partial charge in [-0.1, -0.05) is 39.3 Å². The van der Waals surface area contributed by atoms with Gasteiger partial charge in [-0.2, -0.15) is 11.8 Å². The predicted molar refractivity (Wildman–Crippen MR) is 58.7 cm³/mol. The zero-order valence-electron chi connectivity index (χ0n) is 8.63. The lowest BCUT2D eigenvalue weighted by Crippen LogP contribution is -1.98. The van der Waals surface area contributed by atoms with Crippen LogP contribution in [0.2, 0.25) is 0 Å². The van der Waals surface area contributed by atoms with Crippen LogP contribution in [-0.4, -0.2) is 10.5 Å². The summed E-state index contributed by atoms with van der Waals surface area (Å²) in [4.78, 5) is 0. The van der Waals surface area contributed by atoms with Gasteiger partial charge in [0, 0.05) is 5.25 Å². The van der Waals surface area contributed by atoms with E-state index in [4.69, 9.17) is 0 Å². The van der Waals surface area contributed by atoms with Gasteiger partial charge in [-0.05, 0) is 24.0 Å². The fraction of sp³-hybridized carbons (Fsp3) is 0.818. The van der Waals surface area contributed by atoms with Crippen molar-refractivity contribution in [2.45, 2.75) is 51.0 Å². The standard InChI is InChI=1S/C11H20S/c1-8(2)10-5-6-11(7-10)12-9(3)4/h7-9,11H,5-6H2,1-4H3. The SMILES string of the molecule is CC(C)SC1C=C(C(C)C)CC1. The van der Waals surface area contributed by atoms with E-state index in [1.54, 1.807) is 5.57 Å². The predicted octanol–water partition coefficient (Wildman–Crippen LogP) is 3.87. The van der Waals surface area contributed by atoms with Crippen molar-refractivity contribution >= 4 is 11.8 Å². The van der Waals surface area contributed by atoms with Crippen molar-refractivity contribution in [2.24, 2.45) is 5.92 Å². The molecule has 0 spiro atoms. The molecule has 1 heteroatoms. The van der Waals surface area contributed by atoms with Crippen LogP contribution in [0.25, 0.3) is 0 Å². The molecule has 0 amide bonds. The highest BCUT2D eigenvalue weighted by molar-refractivity contribution is 8.00. The molecule has 0 saturated heterocycles. The minimum atomic E-state index is 0.766. The zero-order valence-corrected chi connectivity index (χ0v) is 9.45. The average molecular weight is 184 g/mol. The van der Waals surface area contributed by atoms with Crippen molar-refractivity contribution in [2.75, 3.05) is 0 Å². The highest BCUT2D eigenvalue weighted by Gasteiger charge is 2.18. The summed E-state index contributed by atoms with van der Waals surface area (Å²) in [6.45, 7) is 9.17. The summed E-state index contributed by atoms with van der Waals surface area (Å²) in [5.41, 5.74) is 1.67. The Balaban J connectivity index is 2.42. The molecular weight excluding hydrogens is 164 g/mol. The molecule has 0 aromatic heterocycles. The lowest BCUT2D eigenvalue weighted by Gasteiger charge is -2.09. The van der Waals surface area contributed by atoms with Crippen molar-refractivity contribution in [3.05, 3.63) is 11.6 Å². The third-order valence-corrected chi connectivity index (χ3v) is 3.57. The van der Waals surface area contributed by atoms with Crippen LogP contribution in [0.5, 0.6) is 0 Å². The third kappa shape index (κ3) is 2.85. The smallest absolute Gasteiger partial charge is 0.0235 e. The van der Waals surface area contributed by atoms with Crippen molar-refractivity contribution < 1.29 is 0 Å². The van der Waals surface area contributed by atoms with E-state index < -0.39 is 0 Å². The number of thioether (sulfide) groups is 1. The summed E-state index contributed by atoms with van der Waals surface area (Å²) in [7, 11) is 0. The Bertz CT molecular complexity index is 168.